The molecule has 0 fully saturated rings. The number of rotatable bonds is 9. The molecule has 3 heteroatoms. The zero-order valence-corrected chi connectivity index (χ0v) is 12.9. The Hall–Kier alpha value is -1.35. The Morgan fingerprint density at radius 3 is 2.25 bits per heavy atom. The van der Waals surface area contributed by atoms with E-state index in [9.17, 15) is 4.79 Å². The van der Waals surface area contributed by atoms with Crippen LogP contribution in [0.4, 0.5) is 5.69 Å². The Morgan fingerprint density at radius 2 is 1.70 bits per heavy atom. The summed E-state index contributed by atoms with van der Waals surface area (Å²) in [5.41, 5.74) is 7.66. The summed E-state index contributed by atoms with van der Waals surface area (Å²) < 4.78 is 0. The minimum absolute atomic E-state index is 0.226. The molecule has 20 heavy (non-hydrogen) atoms. The van der Waals surface area contributed by atoms with E-state index in [1.54, 1.807) is 0 Å². The van der Waals surface area contributed by atoms with E-state index in [2.05, 4.69) is 6.92 Å². The summed E-state index contributed by atoms with van der Waals surface area (Å²) in [6.07, 6.45) is 6.55. The van der Waals surface area contributed by atoms with Crippen molar-refractivity contribution >= 4 is 11.6 Å². The predicted octanol–water partition coefficient (Wildman–Crippen LogP) is 3.86. The van der Waals surface area contributed by atoms with Gasteiger partial charge in [0.05, 0.1) is 0 Å². The lowest BCUT2D eigenvalue weighted by atomic mass is 10.1. The van der Waals surface area contributed by atoms with Gasteiger partial charge in [-0.3, -0.25) is 4.79 Å². The van der Waals surface area contributed by atoms with Gasteiger partial charge in [-0.15, -0.1) is 0 Å². The van der Waals surface area contributed by atoms with Crippen LogP contribution in [0.5, 0.6) is 0 Å². The van der Waals surface area contributed by atoms with Gasteiger partial charge in [-0.05, 0) is 31.0 Å². The molecule has 1 amide bonds. The summed E-state index contributed by atoms with van der Waals surface area (Å²) >= 11 is 0. The molecule has 1 rings (SSSR count). The molecule has 112 valence electrons. The number of amides is 1. The fourth-order valence-corrected chi connectivity index (χ4v) is 2.33. The Balaban J connectivity index is 2.49. The third-order valence-electron chi connectivity index (χ3n) is 3.60. The van der Waals surface area contributed by atoms with E-state index in [0.717, 1.165) is 30.6 Å². The van der Waals surface area contributed by atoms with Crippen molar-refractivity contribution in [2.75, 3.05) is 11.4 Å². The lowest BCUT2D eigenvalue weighted by Gasteiger charge is -2.21. The van der Waals surface area contributed by atoms with Crippen LogP contribution in [0.15, 0.2) is 24.3 Å². The van der Waals surface area contributed by atoms with Gasteiger partial charge in [0.1, 0.15) is 0 Å². The molecule has 0 radical (unpaired) electrons. The average molecular weight is 276 g/mol. The number of anilines is 1. The molecule has 0 aliphatic heterocycles. The van der Waals surface area contributed by atoms with Crippen molar-refractivity contribution in [1.82, 2.24) is 0 Å². The average Bonchev–Trinajstić information content (AvgIpc) is 2.48. The molecule has 0 unspecified atom stereocenters. The van der Waals surface area contributed by atoms with Gasteiger partial charge in [-0.2, -0.15) is 0 Å². The molecule has 0 aromatic heterocycles. The summed E-state index contributed by atoms with van der Waals surface area (Å²) in [7, 11) is 0. The van der Waals surface area contributed by atoms with Crippen molar-refractivity contribution in [3.05, 3.63) is 29.8 Å². The monoisotopic (exact) mass is 276 g/mol. The Bertz CT molecular complexity index is 386. The maximum atomic E-state index is 12.3. The van der Waals surface area contributed by atoms with Gasteiger partial charge in [-0.25, -0.2) is 0 Å². The van der Waals surface area contributed by atoms with Crippen LogP contribution in [-0.4, -0.2) is 12.5 Å². The minimum Gasteiger partial charge on any atom is -0.326 e. The number of benzene rings is 1. The van der Waals surface area contributed by atoms with Gasteiger partial charge >= 0.3 is 0 Å². The molecule has 0 aliphatic rings. The Kier molecular flexibility index (Phi) is 7.97. The second-order valence-corrected chi connectivity index (χ2v) is 5.17. The van der Waals surface area contributed by atoms with Crippen LogP contribution >= 0.6 is 0 Å². The van der Waals surface area contributed by atoms with Gasteiger partial charge in [0.25, 0.3) is 0 Å². The first-order valence-corrected chi connectivity index (χ1v) is 7.82. The number of hydrogen-bond acceptors (Lipinski definition) is 2. The zero-order valence-electron chi connectivity index (χ0n) is 12.9. The Labute approximate surface area is 123 Å². The van der Waals surface area contributed by atoms with E-state index in [4.69, 9.17) is 5.73 Å². The summed E-state index contributed by atoms with van der Waals surface area (Å²) in [4.78, 5) is 14.1. The number of carbonyl (C=O) groups excluding carboxylic acids is 1. The van der Waals surface area contributed by atoms with Crippen molar-refractivity contribution in [2.24, 2.45) is 5.73 Å². The summed E-state index contributed by atoms with van der Waals surface area (Å²) in [5, 5.41) is 0. The number of nitrogens with zero attached hydrogens (tertiary/aromatic N) is 1. The predicted molar refractivity (Wildman–Crippen MR) is 85.7 cm³/mol. The van der Waals surface area contributed by atoms with Crippen LogP contribution in [0.3, 0.4) is 0 Å². The molecule has 0 bridgehead atoms. The summed E-state index contributed by atoms with van der Waals surface area (Å²) in [5.74, 6) is 0.226. The van der Waals surface area contributed by atoms with E-state index in [1.807, 2.05) is 36.1 Å². The number of nitrogens with two attached hydrogens (primary N) is 1. The number of unbranched alkanes of at least 4 members (excludes halogenated alkanes) is 4. The second-order valence-electron chi connectivity index (χ2n) is 5.17. The van der Waals surface area contributed by atoms with Gasteiger partial charge in [0, 0.05) is 25.2 Å². The molecule has 3 nitrogen and oxygen atoms in total. The van der Waals surface area contributed by atoms with Crippen molar-refractivity contribution < 1.29 is 4.79 Å². The molecule has 1 aromatic carbocycles. The third-order valence-corrected chi connectivity index (χ3v) is 3.60. The molecule has 0 spiro atoms. The van der Waals surface area contributed by atoms with E-state index in [1.165, 1.54) is 19.3 Å². The molecule has 0 saturated heterocycles. The molecule has 0 saturated carbocycles. The summed E-state index contributed by atoms with van der Waals surface area (Å²) in [6, 6.07) is 7.96. The third kappa shape index (κ3) is 5.33. The lowest BCUT2D eigenvalue weighted by molar-refractivity contribution is -0.118. The van der Waals surface area contributed by atoms with Crippen molar-refractivity contribution in [3.8, 4) is 0 Å². The molecule has 0 heterocycles. The highest BCUT2D eigenvalue weighted by molar-refractivity contribution is 5.93. The minimum atomic E-state index is 0.226. The fourth-order valence-electron chi connectivity index (χ4n) is 2.33. The molecule has 0 atom stereocenters. The maximum Gasteiger partial charge on any atom is 0.226 e. The highest BCUT2D eigenvalue weighted by atomic mass is 16.2. The van der Waals surface area contributed by atoms with Crippen LogP contribution in [0, 0.1) is 0 Å². The first-order chi connectivity index (χ1) is 9.72. The number of hydrogen-bond donors (Lipinski definition) is 1. The standard InChI is InChI=1S/C17H28N2O/c1-3-5-6-7-8-9-17(20)19(4-2)16-12-10-15(14-18)11-13-16/h10-13H,3-9,14,18H2,1-2H3. The first kappa shape index (κ1) is 16.7. The number of carbonyl (C=O) groups is 1. The van der Waals surface area contributed by atoms with Gasteiger partial charge in [0.2, 0.25) is 5.91 Å². The SMILES string of the molecule is CCCCCCCC(=O)N(CC)c1ccc(CN)cc1. The van der Waals surface area contributed by atoms with Crippen molar-refractivity contribution in [2.45, 2.75) is 58.9 Å². The highest BCUT2D eigenvalue weighted by Crippen LogP contribution is 2.17. The zero-order chi connectivity index (χ0) is 14.8. The maximum absolute atomic E-state index is 12.3. The first-order valence-electron chi connectivity index (χ1n) is 7.82. The topological polar surface area (TPSA) is 46.3 Å². The van der Waals surface area contributed by atoms with Crippen molar-refractivity contribution in [3.63, 3.8) is 0 Å². The van der Waals surface area contributed by atoms with E-state index in [0.29, 0.717) is 13.0 Å². The van der Waals surface area contributed by atoms with Crippen LogP contribution < -0.4 is 10.6 Å². The van der Waals surface area contributed by atoms with Gasteiger partial charge < -0.3 is 10.6 Å². The summed E-state index contributed by atoms with van der Waals surface area (Å²) in [6.45, 7) is 5.48. The molecular weight excluding hydrogens is 248 g/mol. The smallest absolute Gasteiger partial charge is 0.226 e. The van der Waals surface area contributed by atoms with E-state index < -0.39 is 0 Å². The normalized spacial score (nSPS) is 10.6. The van der Waals surface area contributed by atoms with Crippen LogP contribution in [0.2, 0.25) is 0 Å². The Morgan fingerprint density at radius 1 is 1.05 bits per heavy atom. The van der Waals surface area contributed by atoms with E-state index >= 15 is 0 Å². The van der Waals surface area contributed by atoms with Gasteiger partial charge in [0.15, 0.2) is 0 Å². The lowest BCUT2D eigenvalue weighted by Crippen LogP contribution is -2.30. The quantitative estimate of drug-likeness (QED) is 0.696. The largest absolute Gasteiger partial charge is 0.326 e. The molecule has 0 aliphatic carbocycles. The van der Waals surface area contributed by atoms with Crippen LogP contribution in [0.25, 0.3) is 0 Å². The molecule has 1 aromatic rings. The van der Waals surface area contributed by atoms with E-state index in [-0.39, 0.29) is 5.91 Å². The second kappa shape index (κ2) is 9.54. The van der Waals surface area contributed by atoms with Crippen LogP contribution in [0.1, 0.15) is 57.9 Å². The molecular formula is C17H28N2O. The van der Waals surface area contributed by atoms with Gasteiger partial charge in [-0.1, -0.05) is 44.7 Å². The van der Waals surface area contributed by atoms with Crippen LogP contribution in [-0.2, 0) is 11.3 Å². The highest BCUT2D eigenvalue weighted by Gasteiger charge is 2.13. The molecule has 2 N–H and O–H groups in total. The fraction of sp³-hybridized carbons (Fsp3) is 0.588. The van der Waals surface area contributed by atoms with Crippen molar-refractivity contribution in [1.29, 1.82) is 0 Å².